The van der Waals surface area contributed by atoms with Gasteiger partial charge in [-0.1, -0.05) is 30.3 Å². The van der Waals surface area contributed by atoms with Gasteiger partial charge in [0.25, 0.3) is 0 Å². The molecule has 1 atom stereocenters. The van der Waals surface area contributed by atoms with Crippen molar-refractivity contribution < 1.29 is 23.1 Å². The molecule has 1 rings (SSSR count). The summed E-state index contributed by atoms with van der Waals surface area (Å²) in [5.41, 5.74) is 0.385. The third-order valence-electron chi connectivity index (χ3n) is 2.74. The SMILES string of the molecule is CC(C)S(=O)(=O)CC(=O)NC(C(=O)O)c1ccccc1. The lowest BCUT2D eigenvalue weighted by Crippen LogP contribution is -2.38. The Labute approximate surface area is 117 Å². The summed E-state index contributed by atoms with van der Waals surface area (Å²) >= 11 is 0. The number of nitrogens with one attached hydrogen (secondary N) is 1. The molecule has 0 bridgehead atoms. The van der Waals surface area contributed by atoms with Crippen molar-refractivity contribution in [2.75, 3.05) is 5.75 Å². The van der Waals surface area contributed by atoms with Crippen LogP contribution in [0.25, 0.3) is 0 Å². The minimum Gasteiger partial charge on any atom is -0.479 e. The minimum atomic E-state index is -3.56. The number of carboxylic acids is 1. The molecule has 0 saturated carbocycles. The molecule has 0 aromatic heterocycles. The second kappa shape index (κ2) is 6.51. The maximum atomic E-state index is 11.7. The highest BCUT2D eigenvalue weighted by molar-refractivity contribution is 7.92. The van der Waals surface area contributed by atoms with Gasteiger partial charge in [0.1, 0.15) is 5.75 Å². The van der Waals surface area contributed by atoms with Gasteiger partial charge in [0, 0.05) is 0 Å². The fraction of sp³-hybridized carbons (Fsp3) is 0.385. The van der Waals surface area contributed by atoms with Crippen LogP contribution in [-0.4, -0.2) is 36.4 Å². The Kier molecular flexibility index (Phi) is 5.26. The molecule has 0 spiro atoms. The summed E-state index contributed by atoms with van der Waals surface area (Å²) < 4.78 is 23.2. The van der Waals surface area contributed by atoms with Gasteiger partial charge in [-0.15, -0.1) is 0 Å². The largest absolute Gasteiger partial charge is 0.479 e. The molecule has 0 aliphatic rings. The third-order valence-corrected chi connectivity index (χ3v) is 4.84. The fourth-order valence-corrected chi connectivity index (χ4v) is 2.27. The second-order valence-electron chi connectivity index (χ2n) is 4.61. The molecule has 7 heteroatoms. The highest BCUT2D eigenvalue weighted by Gasteiger charge is 2.26. The molecule has 110 valence electrons. The first-order chi connectivity index (χ1) is 9.24. The molecule has 1 unspecified atom stereocenters. The van der Waals surface area contributed by atoms with Gasteiger partial charge in [0.15, 0.2) is 15.9 Å². The number of hydrogen-bond acceptors (Lipinski definition) is 4. The van der Waals surface area contributed by atoms with E-state index in [1.807, 2.05) is 0 Å². The zero-order valence-corrected chi connectivity index (χ0v) is 12.1. The Hall–Kier alpha value is -1.89. The van der Waals surface area contributed by atoms with E-state index in [4.69, 9.17) is 5.11 Å². The first kappa shape index (κ1) is 16.2. The standard InChI is InChI=1S/C13H17NO5S/c1-9(2)20(18,19)8-11(15)14-12(13(16)17)10-6-4-3-5-7-10/h3-7,9,12H,8H2,1-2H3,(H,14,15)(H,16,17). The van der Waals surface area contributed by atoms with E-state index in [9.17, 15) is 18.0 Å². The average molecular weight is 299 g/mol. The zero-order chi connectivity index (χ0) is 15.3. The second-order valence-corrected chi connectivity index (χ2v) is 7.16. The Balaban J connectivity index is 2.83. The van der Waals surface area contributed by atoms with Crippen LogP contribution < -0.4 is 5.32 Å². The van der Waals surface area contributed by atoms with E-state index in [2.05, 4.69) is 5.32 Å². The molecule has 1 amide bonds. The number of hydrogen-bond donors (Lipinski definition) is 2. The van der Waals surface area contributed by atoms with Crippen molar-refractivity contribution in [2.45, 2.75) is 25.1 Å². The summed E-state index contributed by atoms with van der Waals surface area (Å²) in [5.74, 6) is -2.79. The topological polar surface area (TPSA) is 101 Å². The van der Waals surface area contributed by atoms with Crippen molar-refractivity contribution in [3.63, 3.8) is 0 Å². The highest BCUT2D eigenvalue weighted by atomic mass is 32.2. The van der Waals surface area contributed by atoms with Crippen molar-refractivity contribution in [3.05, 3.63) is 35.9 Å². The molecular weight excluding hydrogens is 282 g/mol. The lowest BCUT2D eigenvalue weighted by molar-refractivity contribution is -0.141. The maximum absolute atomic E-state index is 11.7. The molecule has 1 aromatic rings. The van der Waals surface area contributed by atoms with E-state index in [-0.39, 0.29) is 0 Å². The molecule has 6 nitrogen and oxygen atoms in total. The predicted molar refractivity (Wildman–Crippen MR) is 73.9 cm³/mol. The van der Waals surface area contributed by atoms with Crippen molar-refractivity contribution in [1.29, 1.82) is 0 Å². The highest BCUT2D eigenvalue weighted by Crippen LogP contribution is 2.13. The quantitative estimate of drug-likeness (QED) is 0.807. The van der Waals surface area contributed by atoms with Crippen LogP contribution in [0.15, 0.2) is 30.3 Å². The van der Waals surface area contributed by atoms with Crippen LogP contribution in [0.5, 0.6) is 0 Å². The Bertz CT molecular complexity index is 580. The van der Waals surface area contributed by atoms with Gasteiger partial charge in [-0.05, 0) is 19.4 Å². The molecule has 0 saturated heterocycles. The summed E-state index contributed by atoms with van der Waals surface area (Å²) in [6.07, 6.45) is 0. The third kappa shape index (κ3) is 4.34. The van der Waals surface area contributed by atoms with Crippen molar-refractivity contribution in [3.8, 4) is 0 Å². The summed E-state index contributed by atoms with van der Waals surface area (Å²) in [5, 5.41) is 10.7. The van der Waals surface area contributed by atoms with Crippen LogP contribution in [0.3, 0.4) is 0 Å². The fourth-order valence-electron chi connectivity index (χ4n) is 1.49. The van der Waals surface area contributed by atoms with Gasteiger partial charge in [0.2, 0.25) is 5.91 Å². The minimum absolute atomic E-state index is 0.385. The van der Waals surface area contributed by atoms with Crippen LogP contribution in [0.2, 0.25) is 0 Å². The van der Waals surface area contributed by atoms with Gasteiger partial charge in [-0.2, -0.15) is 0 Å². The number of carboxylic acid groups (broad SMARTS) is 1. The molecule has 2 N–H and O–H groups in total. The number of benzene rings is 1. The number of amides is 1. The van der Waals surface area contributed by atoms with Gasteiger partial charge in [-0.25, -0.2) is 13.2 Å². The molecule has 20 heavy (non-hydrogen) atoms. The van der Waals surface area contributed by atoms with Crippen molar-refractivity contribution >= 4 is 21.7 Å². The van der Waals surface area contributed by atoms with E-state index >= 15 is 0 Å². The first-order valence-corrected chi connectivity index (χ1v) is 7.74. The van der Waals surface area contributed by atoms with E-state index in [1.54, 1.807) is 30.3 Å². The van der Waals surface area contributed by atoms with Crippen LogP contribution in [0.4, 0.5) is 0 Å². The number of aliphatic carboxylic acids is 1. The Morgan fingerprint density at radius 2 is 1.75 bits per heavy atom. The maximum Gasteiger partial charge on any atom is 0.330 e. The zero-order valence-electron chi connectivity index (χ0n) is 11.2. The lowest BCUT2D eigenvalue weighted by Gasteiger charge is -2.15. The average Bonchev–Trinajstić information content (AvgIpc) is 2.36. The van der Waals surface area contributed by atoms with Crippen molar-refractivity contribution in [1.82, 2.24) is 5.32 Å². The number of carbonyl (C=O) groups is 2. The normalized spacial score (nSPS) is 12.9. The Morgan fingerprint density at radius 1 is 1.20 bits per heavy atom. The molecule has 0 aliphatic carbocycles. The smallest absolute Gasteiger partial charge is 0.330 e. The lowest BCUT2D eigenvalue weighted by atomic mass is 10.1. The summed E-state index contributed by atoms with van der Waals surface area (Å²) in [7, 11) is -3.56. The molecule has 1 aromatic carbocycles. The number of sulfone groups is 1. The van der Waals surface area contributed by atoms with Crippen LogP contribution in [0.1, 0.15) is 25.5 Å². The molecular formula is C13H17NO5S. The summed E-state index contributed by atoms with van der Waals surface area (Å²) in [6.45, 7) is 2.93. The van der Waals surface area contributed by atoms with Gasteiger partial charge in [-0.3, -0.25) is 4.79 Å². The predicted octanol–water partition coefficient (Wildman–Crippen LogP) is 0.752. The van der Waals surface area contributed by atoms with Crippen LogP contribution >= 0.6 is 0 Å². The molecule has 0 aliphatic heterocycles. The van der Waals surface area contributed by atoms with Crippen molar-refractivity contribution in [2.24, 2.45) is 0 Å². The first-order valence-electron chi connectivity index (χ1n) is 6.02. The van der Waals surface area contributed by atoms with Crippen LogP contribution in [0, 0.1) is 0 Å². The van der Waals surface area contributed by atoms with E-state index in [0.29, 0.717) is 5.56 Å². The Morgan fingerprint density at radius 3 is 2.20 bits per heavy atom. The van der Waals surface area contributed by atoms with E-state index in [1.165, 1.54) is 13.8 Å². The van der Waals surface area contributed by atoms with Crippen LogP contribution in [-0.2, 0) is 19.4 Å². The van der Waals surface area contributed by atoms with E-state index in [0.717, 1.165) is 0 Å². The number of carbonyl (C=O) groups excluding carboxylic acids is 1. The van der Waals surface area contributed by atoms with Gasteiger partial charge in [0.05, 0.1) is 5.25 Å². The molecule has 0 heterocycles. The summed E-state index contributed by atoms with van der Waals surface area (Å²) in [6, 6.07) is 6.84. The van der Waals surface area contributed by atoms with Gasteiger partial charge >= 0.3 is 5.97 Å². The summed E-state index contributed by atoms with van der Waals surface area (Å²) in [4.78, 5) is 22.9. The monoisotopic (exact) mass is 299 g/mol. The van der Waals surface area contributed by atoms with Gasteiger partial charge < -0.3 is 10.4 Å². The molecule has 0 fully saturated rings. The number of rotatable bonds is 6. The molecule has 0 radical (unpaired) electrons. The van der Waals surface area contributed by atoms with E-state index < -0.39 is 38.8 Å².